The molecule has 4 aliphatic rings. The normalized spacial score (nSPS) is 31.7. The molecule has 1 aromatic carbocycles. The Hall–Kier alpha value is -1.88. The van der Waals surface area contributed by atoms with E-state index in [-0.39, 0.29) is 18.0 Å². The molecular formula is C18H23N3O2. The van der Waals surface area contributed by atoms with Crippen molar-refractivity contribution in [1.29, 1.82) is 0 Å². The van der Waals surface area contributed by atoms with Crippen LogP contribution in [0.3, 0.4) is 0 Å². The van der Waals surface area contributed by atoms with Gasteiger partial charge in [-0.15, -0.1) is 0 Å². The van der Waals surface area contributed by atoms with Gasteiger partial charge in [0.2, 0.25) is 5.91 Å². The number of methoxy groups -OCH3 is 1. The molecule has 0 aromatic heterocycles. The lowest BCUT2D eigenvalue weighted by Gasteiger charge is -2.46. The largest absolute Gasteiger partial charge is 0.497 e. The first-order valence-corrected chi connectivity index (χ1v) is 8.51. The average Bonchev–Trinajstić information content (AvgIpc) is 3.04. The second kappa shape index (κ2) is 5.64. The maximum atomic E-state index is 12.5. The van der Waals surface area contributed by atoms with Crippen molar-refractivity contribution in [2.45, 2.75) is 38.3 Å². The molecule has 3 saturated heterocycles. The molecule has 0 N–H and O–H groups in total. The van der Waals surface area contributed by atoms with Gasteiger partial charge in [0.25, 0.3) is 0 Å². The van der Waals surface area contributed by atoms with Crippen molar-refractivity contribution in [1.82, 2.24) is 9.91 Å². The second-order valence-electron chi connectivity index (χ2n) is 6.59. The fourth-order valence-corrected chi connectivity index (χ4v) is 4.22. The third-order valence-electron chi connectivity index (χ3n) is 5.45. The molecule has 0 unspecified atom stereocenters. The lowest BCUT2D eigenvalue weighted by atomic mass is 9.78. The standard InChI is InChI=1S/C18H23N3O2/c1-3-15(22)21-17(13-4-6-14(23-2)7-5-13)18-16(19-21)12-8-10-20(18)11-9-12/h4-7,12,17-18H,3,8-11H2,1-2H3/t17-,18-/m0/s1. The van der Waals surface area contributed by atoms with E-state index in [0.29, 0.717) is 12.3 Å². The molecule has 5 nitrogen and oxygen atoms in total. The maximum absolute atomic E-state index is 12.5. The molecule has 5 heteroatoms. The Labute approximate surface area is 136 Å². The van der Waals surface area contributed by atoms with Gasteiger partial charge in [0.15, 0.2) is 0 Å². The summed E-state index contributed by atoms with van der Waals surface area (Å²) in [5.74, 6) is 1.50. The van der Waals surface area contributed by atoms with Gasteiger partial charge in [0.05, 0.1) is 18.9 Å². The lowest BCUT2D eigenvalue weighted by molar-refractivity contribution is -0.133. The van der Waals surface area contributed by atoms with Crippen molar-refractivity contribution >= 4 is 11.6 Å². The van der Waals surface area contributed by atoms with Gasteiger partial charge < -0.3 is 4.74 Å². The van der Waals surface area contributed by atoms with Gasteiger partial charge in [-0.25, -0.2) is 5.01 Å². The van der Waals surface area contributed by atoms with E-state index in [2.05, 4.69) is 17.0 Å². The molecule has 0 aliphatic carbocycles. The number of hydrazone groups is 1. The minimum Gasteiger partial charge on any atom is -0.497 e. The number of carbonyl (C=O) groups is 1. The van der Waals surface area contributed by atoms with E-state index in [1.807, 2.05) is 19.1 Å². The summed E-state index contributed by atoms with van der Waals surface area (Å²) in [6.45, 7) is 4.15. The first-order chi connectivity index (χ1) is 11.2. The van der Waals surface area contributed by atoms with Crippen LogP contribution in [0.15, 0.2) is 29.4 Å². The number of nitrogens with zero attached hydrogens (tertiary/aromatic N) is 3. The molecule has 0 radical (unpaired) electrons. The molecule has 1 amide bonds. The fourth-order valence-electron chi connectivity index (χ4n) is 4.22. The number of carbonyl (C=O) groups excluding carboxylic acids is 1. The van der Waals surface area contributed by atoms with Crippen LogP contribution in [-0.4, -0.2) is 47.8 Å². The molecule has 4 heterocycles. The highest BCUT2D eigenvalue weighted by molar-refractivity contribution is 5.97. The van der Waals surface area contributed by atoms with E-state index in [4.69, 9.17) is 9.84 Å². The van der Waals surface area contributed by atoms with Crippen molar-refractivity contribution in [2.75, 3.05) is 20.2 Å². The summed E-state index contributed by atoms with van der Waals surface area (Å²) < 4.78 is 5.26. The smallest absolute Gasteiger partial charge is 0.243 e. The molecule has 2 bridgehead atoms. The predicted molar refractivity (Wildman–Crippen MR) is 88.4 cm³/mol. The molecule has 3 fully saturated rings. The summed E-state index contributed by atoms with van der Waals surface area (Å²) in [5.41, 5.74) is 2.37. The van der Waals surface area contributed by atoms with Gasteiger partial charge in [0.1, 0.15) is 11.8 Å². The Kier molecular flexibility index (Phi) is 3.60. The van der Waals surface area contributed by atoms with Crippen LogP contribution in [0.4, 0.5) is 0 Å². The van der Waals surface area contributed by atoms with Gasteiger partial charge in [-0.2, -0.15) is 5.10 Å². The number of hydrogen-bond donors (Lipinski definition) is 0. The Morgan fingerprint density at radius 1 is 1.22 bits per heavy atom. The number of piperidine rings is 3. The van der Waals surface area contributed by atoms with E-state index in [1.165, 1.54) is 18.6 Å². The molecule has 2 atom stereocenters. The van der Waals surface area contributed by atoms with E-state index in [1.54, 1.807) is 12.1 Å². The molecule has 1 aromatic rings. The Bertz CT molecular complexity index is 632. The van der Waals surface area contributed by atoms with Crippen LogP contribution in [-0.2, 0) is 4.79 Å². The van der Waals surface area contributed by atoms with Crippen LogP contribution < -0.4 is 4.74 Å². The quantitative estimate of drug-likeness (QED) is 0.861. The maximum Gasteiger partial charge on any atom is 0.243 e. The summed E-state index contributed by atoms with van der Waals surface area (Å²) >= 11 is 0. The van der Waals surface area contributed by atoms with E-state index in [0.717, 1.165) is 24.4 Å². The monoisotopic (exact) mass is 313 g/mol. The van der Waals surface area contributed by atoms with Crippen LogP contribution in [0.25, 0.3) is 0 Å². The van der Waals surface area contributed by atoms with Crippen LogP contribution in [0.5, 0.6) is 5.75 Å². The Morgan fingerprint density at radius 3 is 2.52 bits per heavy atom. The Balaban J connectivity index is 1.73. The average molecular weight is 313 g/mol. The summed E-state index contributed by atoms with van der Waals surface area (Å²) in [6.07, 6.45) is 2.85. The third kappa shape index (κ3) is 2.26. The topological polar surface area (TPSA) is 45.1 Å². The number of hydrogen-bond acceptors (Lipinski definition) is 4. The van der Waals surface area contributed by atoms with Crippen molar-refractivity contribution in [3.05, 3.63) is 29.8 Å². The minimum absolute atomic E-state index is 0.00598. The van der Waals surface area contributed by atoms with E-state index >= 15 is 0 Å². The number of ether oxygens (including phenoxy) is 1. The van der Waals surface area contributed by atoms with Crippen LogP contribution in [0, 0.1) is 5.92 Å². The summed E-state index contributed by atoms with van der Waals surface area (Å²) in [4.78, 5) is 15.0. The molecule has 4 aliphatic heterocycles. The summed E-state index contributed by atoms with van der Waals surface area (Å²) in [6, 6.07) is 8.34. The van der Waals surface area contributed by atoms with Crippen molar-refractivity contribution in [3.63, 3.8) is 0 Å². The zero-order chi connectivity index (χ0) is 16.0. The fraction of sp³-hybridized carbons (Fsp3) is 0.556. The summed E-state index contributed by atoms with van der Waals surface area (Å²) in [5, 5.41) is 6.54. The first kappa shape index (κ1) is 14.7. The Morgan fingerprint density at radius 2 is 1.91 bits per heavy atom. The van der Waals surface area contributed by atoms with E-state index < -0.39 is 0 Å². The van der Waals surface area contributed by atoms with Gasteiger partial charge >= 0.3 is 0 Å². The zero-order valence-electron chi connectivity index (χ0n) is 13.7. The molecule has 5 rings (SSSR count). The highest BCUT2D eigenvalue weighted by Gasteiger charge is 2.50. The first-order valence-electron chi connectivity index (χ1n) is 8.51. The van der Waals surface area contributed by atoms with Crippen molar-refractivity contribution < 1.29 is 9.53 Å². The zero-order valence-corrected chi connectivity index (χ0v) is 13.7. The van der Waals surface area contributed by atoms with Gasteiger partial charge in [-0.05, 0) is 43.6 Å². The molecular weight excluding hydrogens is 290 g/mol. The number of fused-ring (bicyclic) bond motifs is 2. The van der Waals surface area contributed by atoms with Crippen molar-refractivity contribution in [2.24, 2.45) is 11.0 Å². The lowest BCUT2D eigenvalue weighted by Crippen LogP contribution is -2.56. The van der Waals surface area contributed by atoms with Crippen LogP contribution in [0.1, 0.15) is 37.8 Å². The summed E-state index contributed by atoms with van der Waals surface area (Å²) in [7, 11) is 1.67. The van der Waals surface area contributed by atoms with Gasteiger partial charge in [-0.3, -0.25) is 9.69 Å². The molecule has 0 spiro atoms. The van der Waals surface area contributed by atoms with Crippen LogP contribution >= 0.6 is 0 Å². The molecule has 122 valence electrons. The van der Waals surface area contributed by atoms with E-state index in [9.17, 15) is 4.79 Å². The third-order valence-corrected chi connectivity index (χ3v) is 5.45. The number of amides is 1. The highest BCUT2D eigenvalue weighted by Crippen LogP contribution is 2.43. The molecule has 23 heavy (non-hydrogen) atoms. The van der Waals surface area contributed by atoms with Crippen molar-refractivity contribution in [3.8, 4) is 5.75 Å². The SMILES string of the molecule is CCC(=O)N1N=C2C3CCN(CC3)[C@@H]2[C@@H]1c1ccc(OC)cc1. The van der Waals surface area contributed by atoms with Gasteiger partial charge in [0, 0.05) is 12.3 Å². The van der Waals surface area contributed by atoms with Gasteiger partial charge in [-0.1, -0.05) is 19.1 Å². The highest BCUT2D eigenvalue weighted by atomic mass is 16.5. The predicted octanol–water partition coefficient (Wildman–Crippen LogP) is 2.44. The minimum atomic E-state index is 0.00598. The number of rotatable bonds is 3. The number of benzene rings is 1. The second-order valence-corrected chi connectivity index (χ2v) is 6.59. The molecule has 0 saturated carbocycles. The van der Waals surface area contributed by atoms with Crippen LogP contribution in [0.2, 0.25) is 0 Å².